The van der Waals surface area contributed by atoms with Gasteiger partial charge in [0.1, 0.15) is 0 Å². The molecule has 0 bridgehead atoms. The minimum Gasteiger partial charge on any atom is -0.463 e. The highest BCUT2D eigenvalue weighted by molar-refractivity contribution is 5.95. The molecule has 29 heavy (non-hydrogen) atoms. The highest BCUT2D eigenvalue weighted by Gasteiger charge is 2.38. The number of carbonyl (C=O) groups excluding carboxylic acids is 2. The van der Waals surface area contributed by atoms with Gasteiger partial charge in [0.25, 0.3) is 0 Å². The number of ether oxygens (including phenoxy) is 1. The summed E-state index contributed by atoms with van der Waals surface area (Å²) in [6, 6.07) is 7.24. The van der Waals surface area contributed by atoms with E-state index in [4.69, 9.17) is 4.74 Å². The van der Waals surface area contributed by atoms with Crippen molar-refractivity contribution in [3.05, 3.63) is 46.7 Å². The Morgan fingerprint density at radius 2 is 1.93 bits per heavy atom. The van der Waals surface area contributed by atoms with Crippen molar-refractivity contribution in [3.63, 3.8) is 0 Å². The molecule has 7 heteroatoms. The number of piperazine rings is 1. The number of hydrogen-bond acceptors (Lipinski definition) is 5. The molecule has 158 valence electrons. The summed E-state index contributed by atoms with van der Waals surface area (Å²) in [4.78, 5) is 32.3. The van der Waals surface area contributed by atoms with Crippen LogP contribution in [0.2, 0.25) is 0 Å². The summed E-state index contributed by atoms with van der Waals surface area (Å²) in [7, 11) is 2.11. The highest BCUT2D eigenvalue weighted by Crippen LogP contribution is 2.32. The number of nitrogens with one attached hydrogen (secondary N) is 1. The van der Waals surface area contributed by atoms with E-state index in [1.807, 2.05) is 38.1 Å². The largest absolute Gasteiger partial charge is 0.463 e. The maximum atomic E-state index is 13.1. The van der Waals surface area contributed by atoms with Crippen LogP contribution in [-0.4, -0.2) is 79.6 Å². The number of urea groups is 1. The molecule has 1 fully saturated rings. The van der Waals surface area contributed by atoms with Crippen LogP contribution in [0.1, 0.15) is 31.0 Å². The molecule has 1 saturated heterocycles. The molecule has 3 rings (SSSR count). The maximum Gasteiger partial charge on any atom is 0.338 e. The molecule has 1 aromatic carbocycles. The highest BCUT2D eigenvalue weighted by atomic mass is 16.5. The van der Waals surface area contributed by atoms with Gasteiger partial charge in [0.15, 0.2) is 0 Å². The van der Waals surface area contributed by atoms with E-state index < -0.39 is 6.04 Å². The van der Waals surface area contributed by atoms with Gasteiger partial charge in [0.2, 0.25) is 0 Å². The lowest BCUT2D eigenvalue weighted by molar-refractivity contribution is -0.139. The molecule has 1 atom stereocenters. The molecule has 1 unspecified atom stereocenters. The van der Waals surface area contributed by atoms with Crippen molar-refractivity contribution in [3.8, 4) is 0 Å². The van der Waals surface area contributed by atoms with Gasteiger partial charge in [-0.05, 0) is 33.4 Å². The molecule has 2 aliphatic heterocycles. The van der Waals surface area contributed by atoms with Crippen molar-refractivity contribution >= 4 is 12.0 Å². The Labute approximate surface area is 173 Å². The first-order chi connectivity index (χ1) is 13.9. The van der Waals surface area contributed by atoms with Crippen LogP contribution < -0.4 is 5.32 Å². The predicted molar refractivity (Wildman–Crippen MR) is 112 cm³/mol. The number of amides is 2. The van der Waals surface area contributed by atoms with Crippen LogP contribution in [0.3, 0.4) is 0 Å². The fourth-order valence-corrected chi connectivity index (χ4v) is 3.98. The third-order valence-corrected chi connectivity index (χ3v) is 5.59. The third kappa shape index (κ3) is 4.79. The summed E-state index contributed by atoms with van der Waals surface area (Å²) in [5.41, 5.74) is 3.27. The molecule has 7 nitrogen and oxygen atoms in total. The number of rotatable bonds is 6. The lowest BCUT2D eigenvalue weighted by Crippen LogP contribution is -2.52. The first-order valence-electron chi connectivity index (χ1n) is 10.4. The lowest BCUT2D eigenvalue weighted by atomic mass is 9.93. The summed E-state index contributed by atoms with van der Waals surface area (Å²) < 4.78 is 5.43. The molecule has 0 radical (unpaired) electrons. The van der Waals surface area contributed by atoms with Gasteiger partial charge in [0.05, 0.1) is 18.2 Å². The zero-order valence-corrected chi connectivity index (χ0v) is 17.9. The number of nitrogens with zero attached hydrogens (tertiary/aromatic N) is 3. The second-order valence-corrected chi connectivity index (χ2v) is 7.70. The van der Waals surface area contributed by atoms with E-state index in [0.717, 1.165) is 43.0 Å². The molecule has 2 heterocycles. The summed E-state index contributed by atoms with van der Waals surface area (Å²) in [5.74, 6) is -0.360. The number of benzene rings is 1. The monoisotopic (exact) mass is 400 g/mol. The zero-order valence-electron chi connectivity index (χ0n) is 17.9. The predicted octanol–water partition coefficient (Wildman–Crippen LogP) is 2.15. The Bertz CT molecular complexity index is 784. The molecule has 2 amide bonds. The lowest BCUT2D eigenvalue weighted by Gasteiger charge is -2.40. The molecular weight excluding hydrogens is 368 g/mol. The summed E-state index contributed by atoms with van der Waals surface area (Å²) in [5, 5.41) is 3.03. The van der Waals surface area contributed by atoms with E-state index in [1.54, 1.807) is 11.8 Å². The fraction of sp³-hybridized carbons (Fsp3) is 0.545. The van der Waals surface area contributed by atoms with Gasteiger partial charge in [-0.25, -0.2) is 9.59 Å². The van der Waals surface area contributed by atoms with E-state index in [2.05, 4.69) is 22.2 Å². The maximum absolute atomic E-state index is 13.1. The molecule has 1 aromatic rings. The van der Waals surface area contributed by atoms with Crippen LogP contribution in [0, 0.1) is 6.92 Å². The van der Waals surface area contributed by atoms with Crippen LogP contribution in [-0.2, 0) is 9.53 Å². The topological polar surface area (TPSA) is 65.1 Å². The molecule has 1 N–H and O–H groups in total. The van der Waals surface area contributed by atoms with Crippen LogP contribution in [0.4, 0.5) is 4.79 Å². The molecule has 0 saturated carbocycles. The van der Waals surface area contributed by atoms with Crippen molar-refractivity contribution in [2.45, 2.75) is 26.8 Å². The Balaban J connectivity index is 2.05. The molecule has 2 aliphatic rings. The second-order valence-electron chi connectivity index (χ2n) is 7.70. The van der Waals surface area contributed by atoms with Gasteiger partial charge in [-0.2, -0.15) is 0 Å². The van der Waals surface area contributed by atoms with Crippen LogP contribution in [0.15, 0.2) is 35.5 Å². The van der Waals surface area contributed by atoms with Crippen molar-refractivity contribution in [1.29, 1.82) is 0 Å². The third-order valence-electron chi connectivity index (χ3n) is 5.59. The number of aryl methyl sites for hydroxylation is 1. The first kappa shape index (κ1) is 21.3. The van der Waals surface area contributed by atoms with Crippen LogP contribution >= 0.6 is 0 Å². The van der Waals surface area contributed by atoms with E-state index >= 15 is 0 Å². The Kier molecular flexibility index (Phi) is 6.92. The molecular formula is C22H32N4O3. The zero-order chi connectivity index (χ0) is 21.0. The van der Waals surface area contributed by atoms with Crippen molar-refractivity contribution in [2.75, 3.05) is 52.9 Å². The van der Waals surface area contributed by atoms with Crippen molar-refractivity contribution < 1.29 is 14.3 Å². The average molecular weight is 401 g/mol. The van der Waals surface area contributed by atoms with Gasteiger partial charge >= 0.3 is 12.0 Å². The molecule has 0 aliphatic carbocycles. The number of likely N-dealkylation sites (N-methyl/N-ethyl adjacent to an activating group) is 2. The van der Waals surface area contributed by atoms with Gasteiger partial charge in [-0.15, -0.1) is 0 Å². The Hall–Kier alpha value is -2.38. The van der Waals surface area contributed by atoms with Gasteiger partial charge in [0, 0.05) is 45.0 Å². The van der Waals surface area contributed by atoms with Crippen LogP contribution in [0.5, 0.6) is 0 Å². The van der Waals surface area contributed by atoms with Crippen molar-refractivity contribution in [2.24, 2.45) is 0 Å². The first-order valence-corrected chi connectivity index (χ1v) is 10.4. The van der Waals surface area contributed by atoms with Gasteiger partial charge in [-0.3, -0.25) is 9.80 Å². The van der Waals surface area contributed by atoms with Crippen molar-refractivity contribution in [1.82, 2.24) is 20.0 Å². The molecule has 0 spiro atoms. The normalized spacial score (nSPS) is 21.3. The summed E-state index contributed by atoms with van der Waals surface area (Å²) in [6.07, 6.45) is 0. The average Bonchev–Trinajstić information content (AvgIpc) is 2.69. The SMILES string of the molecule is CCOC(=O)C1=C(CN2CCN(C)CC2)N(CC)C(=O)NC1c1cccc(C)c1. The van der Waals surface area contributed by atoms with Gasteiger partial charge in [-0.1, -0.05) is 29.8 Å². The smallest absolute Gasteiger partial charge is 0.338 e. The van der Waals surface area contributed by atoms with E-state index in [-0.39, 0.29) is 12.0 Å². The molecule has 0 aromatic heterocycles. The van der Waals surface area contributed by atoms with E-state index in [1.165, 1.54) is 0 Å². The summed E-state index contributed by atoms with van der Waals surface area (Å²) in [6.45, 7) is 10.9. The number of hydrogen-bond donors (Lipinski definition) is 1. The Morgan fingerprint density at radius 1 is 1.21 bits per heavy atom. The van der Waals surface area contributed by atoms with E-state index in [0.29, 0.717) is 25.3 Å². The van der Waals surface area contributed by atoms with Crippen LogP contribution in [0.25, 0.3) is 0 Å². The van der Waals surface area contributed by atoms with Gasteiger partial charge < -0.3 is 15.0 Å². The quantitative estimate of drug-likeness (QED) is 0.742. The standard InChI is InChI=1S/C22H32N4O3/c1-5-26-18(15-25-12-10-24(4)11-13-25)19(21(27)29-6-2)20(23-22(26)28)17-9-7-8-16(3)14-17/h7-9,14,20H,5-6,10-13,15H2,1-4H3,(H,23,28). The Morgan fingerprint density at radius 3 is 2.55 bits per heavy atom. The minimum absolute atomic E-state index is 0.170. The minimum atomic E-state index is -0.508. The number of esters is 1. The summed E-state index contributed by atoms with van der Waals surface area (Å²) >= 11 is 0. The fourth-order valence-electron chi connectivity index (χ4n) is 3.98. The van der Waals surface area contributed by atoms with E-state index in [9.17, 15) is 9.59 Å². The second kappa shape index (κ2) is 9.41. The number of carbonyl (C=O) groups is 2.